The molecule has 41 heavy (non-hydrogen) atoms. The van der Waals surface area contributed by atoms with Crippen LogP contribution in [0.25, 0.3) is 0 Å². The van der Waals surface area contributed by atoms with Crippen LogP contribution in [0.4, 0.5) is 11.4 Å². The number of hydrogen-bond acceptors (Lipinski definition) is 10. The minimum Gasteiger partial charge on any atom is -0.483 e. The molecule has 13 nitrogen and oxygen atoms in total. The van der Waals surface area contributed by atoms with Gasteiger partial charge in [0, 0.05) is 47.7 Å². The van der Waals surface area contributed by atoms with E-state index in [-0.39, 0.29) is 18.9 Å². The average molecular weight is 583 g/mol. The van der Waals surface area contributed by atoms with Crippen LogP contribution >= 0.6 is 12.2 Å². The third-order valence-electron chi connectivity index (χ3n) is 6.32. The van der Waals surface area contributed by atoms with Crippen LogP contribution in [0.15, 0.2) is 58.8 Å². The summed E-state index contributed by atoms with van der Waals surface area (Å²) in [7, 11) is 0. The van der Waals surface area contributed by atoms with Crippen LogP contribution < -0.4 is 25.7 Å². The Hall–Kier alpha value is -4.56. The Morgan fingerprint density at radius 1 is 1.27 bits per heavy atom. The maximum absolute atomic E-state index is 12.7. The fourth-order valence-electron chi connectivity index (χ4n) is 4.46. The molecule has 3 N–H and O–H groups in total. The van der Waals surface area contributed by atoms with Crippen LogP contribution in [0, 0.1) is 10.1 Å². The molecule has 1 saturated heterocycles. The van der Waals surface area contributed by atoms with Gasteiger partial charge in [0.25, 0.3) is 11.6 Å². The van der Waals surface area contributed by atoms with Gasteiger partial charge in [0.05, 0.1) is 42.6 Å². The minimum absolute atomic E-state index is 0.0906. The molecule has 1 atom stereocenters. The summed E-state index contributed by atoms with van der Waals surface area (Å²) >= 11 is 5.30. The number of thiocarbonyl (C=S) groups is 1. The number of hydrogen-bond donors (Lipinski definition) is 3. The molecular formula is C27H30N6O7S. The predicted octanol–water partition coefficient (Wildman–Crippen LogP) is 2.32. The lowest BCUT2D eigenvalue weighted by atomic mass is 9.95. The third kappa shape index (κ3) is 7.35. The Morgan fingerprint density at radius 2 is 2.02 bits per heavy atom. The van der Waals surface area contributed by atoms with Crippen LogP contribution in [-0.4, -0.2) is 67.6 Å². The maximum atomic E-state index is 12.7. The lowest BCUT2D eigenvalue weighted by Crippen LogP contribution is -2.45. The molecule has 0 spiro atoms. The number of non-ortho nitro benzene ring substituents is 1. The fourth-order valence-corrected chi connectivity index (χ4v) is 4.73. The van der Waals surface area contributed by atoms with Gasteiger partial charge in [-0.2, -0.15) is 5.10 Å². The van der Waals surface area contributed by atoms with Gasteiger partial charge in [0.1, 0.15) is 5.75 Å². The van der Waals surface area contributed by atoms with Gasteiger partial charge in [-0.05, 0) is 38.2 Å². The highest BCUT2D eigenvalue weighted by Gasteiger charge is 2.32. The summed E-state index contributed by atoms with van der Waals surface area (Å²) in [6.45, 7) is 5.60. The number of nitro benzene ring substituents is 1. The van der Waals surface area contributed by atoms with Crippen LogP contribution in [-0.2, 0) is 19.1 Å². The highest BCUT2D eigenvalue weighted by molar-refractivity contribution is 7.80. The molecule has 4 rings (SSSR count). The molecule has 2 aliphatic rings. The van der Waals surface area contributed by atoms with E-state index in [1.165, 1.54) is 18.3 Å². The van der Waals surface area contributed by atoms with Crippen molar-refractivity contribution in [3.63, 3.8) is 0 Å². The van der Waals surface area contributed by atoms with Gasteiger partial charge in [-0.25, -0.2) is 10.2 Å². The summed E-state index contributed by atoms with van der Waals surface area (Å²) in [5.74, 6) is -0.700. The van der Waals surface area contributed by atoms with Gasteiger partial charge in [0.2, 0.25) is 0 Å². The van der Waals surface area contributed by atoms with E-state index >= 15 is 0 Å². The van der Waals surface area contributed by atoms with Gasteiger partial charge >= 0.3 is 5.97 Å². The van der Waals surface area contributed by atoms with Gasteiger partial charge in [-0.3, -0.25) is 14.9 Å². The second-order valence-electron chi connectivity index (χ2n) is 9.01. The summed E-state index contributed by atoms with van der Waals surface area (Å²) in [4.78, 5) is 38.2. The number of benzene rings is 2. The third-order valence-corrected chi connectivity index (χ3v) is 6.54. The van der Waals surface area contributed by atoms with Gasteiger partial charge < -0.3 is 29.7 Å². The number of anilines is 1. The number of nitro groups is 1. The van der Waals surface area contributed by atoms with Gasteiger partial charge in [-0.1, -0.05) is 18.2 Å². The molecule has 0 radical (unpaired) electrons. The molecule has 2 aromatic rings. The van der Waals surface area contributed by atoms with Crippen molar-refractivity contribution in [3.8, 4) is 5.75 Å². The molecule has 0 aliphatic carbocycles. The number of carbonyl (C=O) groups excluding carboxylic acids is 2. The Morgan fingerprint density at radius 3 is 2.76 bits per heavy atom. The smallest absolute Gasteiger partial charge is 0.338 e. The standard InChI is InChI=1S/C27H30N6O7S/c1-3-39-26(35)24-17(2)29-27(41)30-25(24)20-6-4-5-7-22(20)40-16-23(34)31-28-15-18-14-19(33(36)37)8-9-21(18)32-10-12-38-13-11-32/h4-9,14-15,25H,3,10-13,16H2,1-2H3,(H,31,34)(H2,29,30,41)/t25-/m0/s1. The lowest BCUT2D eigenvalue weighted by Gasteiger charge is -2.30. The highest BCUT2D eigenvalue weighted by Crippen LogP contribution is 2.33. The lowest BCUT2D eigenvalue weighted by molar-refractivity contribution is -0.384. The van der Waals surface area contributed by atoms with Crippen LogP contribution in [0.3, 0.4) is 0 Å². The fraction of sp³-hybridized carbons (Fsp3) is 0.333. The molecule has 1 fully saturated rings. The van der Waals surface area contributed by atoms with Crippen molar-refractivity contribution in [1.82, 2.24) is 16.1 Å². The molecule has 216 valence electrons. The van der Waals surface area contributed by atoms with Crippen LogP contribution in [0.1, 0.15) is 31.0 Å². The second kappa shape index (κ2) is 13.7. The predicted molar refractivity (Wildman–Crippen MR) is 155 cm³/mol. The van der Waals surface area contributed by atoms with Crippen molar-refractivity contribution >= 4 is 46.8 Å². The van der Waals surface area contributed by atoms with Crippen LogP contribution in [0.5, 0.6) is 5.75 Å². The van der Waals surface area contributed by atoms with E-state index in [1.807, 2.05) is 4.90 Å². The van der Waals surface area contributed by atoms with Crippen molar-refractivity contribution in [2.75, 3.05) is 44.4 Å². The first-order valence-electron chi connectivity index (χ1n) is 12.9. The Balaban J connectivity index is 1.46. The quantitative estimate of drug-likeness (QED) is 0.124. The first kappa shape index (κ1) is 29.4. The van der Waals surface area contributed by atoms with Crippen LogP contribution in [0.2, 0.25) is 0 Å². The number of morpholine rings is 1. The second-order valence-corrected chi connectivity index (χ2v) is 9.42. The number of ether oxygens (including phenoxy) is 3. The molecule has 0 bridgehead atoms. The number of rotatable bonds is 10. The molecule has 1 amide bonds. The number of nitrogens with zero attached hydrogens (tertiary/aromatic N) is 3. The average Bonchev–Trinajstić information content (AvgIpc) is 2.96. The molecule has 0 aromatic heterocycles. The normalized spacial score (nSPS) is 17.1. The Kier molecular flexibility index (Phi) is 9.81. The molecule has 2 heterocycles. The molecule has 2 aliphatic heterocycles. The molecule has 2 aromatic carbocycles. The molecule has 14 heteroatoms. The summed E-state index contributed by atoms with van der Waals surface area (Å²) in [6.07, 6.45) is 1.36. The SMILES string of the molecule is CCOC(=O)C1=C(C)NC(=S)N[C@H]1c1ccccc1OCC(=O)NN=Cc1cc([N+](=O)[O-])ccc1N1CCOCC1. The zero-order valence-electron chi connectivity index (χ0n) is 22.5. The van der Waals surface area contributed by atoms with E-state index in [4.69, 9.17) is 26.4 Å². The summed E-state index contributed by atoms with van der Waals surface area (Å²) in [5.41, 5.74) is 5.02. The highest BCUT2D eigenvalue weighted by atomic mass is 32.1. The van der Waals surface area contributed by atoms with E-state index in [0.29, 0.717) is 59.6 Å². The van der Waals surface area contributed by atoms with E-state index < -0.39 is 22.8 Å². The zero-order chi connectivity index (χ0) is 29.4. The number of para-hydroxylation sites is 1. The summed E-state index contributed by atoms with van der Waals surface area (Å²) in [5, 5.41) is 21.7. The van der Waals surface area contributed by atoms with Crippen molar-refractivity contribution in [2.24, 2.45) is 5.10 Å². The Bertz CT molecular complexity index is 1390. The topological polar surface area (TPSA) is 157 Å². The van der Waals surface area contributed by atoms with Crippen molar-refractivity contribution in [2.45, 2.75) is 19.9 Å². The number of allylic oxidation sites excluding steroid dienone is 1. The maximum Gasteiger partial charge on any atom is 0.338 e. The number of amides is 1. The first-order chi connectivity index (χ1) is 19.8. The van der Waals surface area contributed by atoms with E-state index in [0.717, 1.165) is 5.69 Å². The summed E-state index contributed by atoms with van der Waals surface area (Å²) < 4.78 is 16.4. The number of carbonyl (C=O) groups is 2. The monoisotopic (exact) mass is 582 g/mol. The zero-order valence-corrected chi connectivity index (χ0v) is 23.4. The minimum atomic E-state index is -0.660. The molecular weight excluding hydrogens is 552 g/mol. The van der Waals surface area contributed by atoms with E-state index in [1.54, 1.807) is 44.2 Å². The van der Waals surface area contributed by atoms with E-state index in [9.17, 15) is 19.7 Å². The number of esters is 1. The first-order valence-corrected chi connectivity index (χ1v) is 13.3. The summed E-state index contributed by atoms with van der Waals surface area (Å²) in [6, 6.07) is 10.8. The van der Waals surface area contributed by atoms with E-state index in [2.05, 4.69) is 21.2 Å². The van der Waals surface area contributed by atoms with Crippen molar-refractivity contribution in [3.05, 3.63) is 75.0 Å². The van der Waals surface area contributed by atoms with Gasteiger partial charge in [0.15, 0.2) is 11.7 Å². The van der Waals surface area contributed by atoms with Crippen molar-refractivity contribution < 1.29 is 28.7 Å². The molecule has 0 unspecified atom stereocenters. The molecule has 0 saturated carbocycles. The van der Waals surface area contributed by atoms with Crippen molar-refractivity contribution in [1.29, 1.82) is 0 Å². The Labute approximate surface area is 241 Å². The van der Waals surface area contributed by atoms with Gasteiger partial charge in [-0.15, -0.1) is 0 Å². The number of hydrazone groups is 1. The number of nitrogens with one attached hydrogen (secondary N) is 3. The largest absolute Gasteiger partial charge is 0.483 e.